The minimum absolute atomic E-state index is 0.499. The molecule has 76 valence electrons. The van der Waals surface area contributed by atoms with Crippen molar-refractivity contribution in [1.82, 2.24) is 4.90 Å². The summed E-state index contributed by atoms with van der Waals surface area (Å²) in [5.74, 6) is 0. The molecule has 1 aliphatic carbocycles. The summed E-state index contributed by atoms with van der Waals surface area (Å²) in [7, 11) is 0. The molecule has 0 aliphatic heterocycles. The standard InChI is InChI=1S/C11H21NO/c1-4-12(9-13)10-5-7-11(2,3)8-6-10/h9-10H,4-8H2,1-3H3. The SMILES string of the molecule is CCN(C=O)C1CCC(C)(C)CC1. The van der Waals surface area contributed by atoms with E-state index in [4.69, 9.17) is 0 Å². The summed E-state index contributed by atoms with van der Waals surface area (Å²) in [6, 6.07) is 0.510. The van der Waals surface area contributed by atoms with Gasteiger partial charge in [0.05, 0.1) is 0 Å². The van der Waals surface area contributed by atoms with Crippen LogP contribution < -0.4 is 0 Å². The Morgan fingerprint density at radius 3 is 2.31 bits per heavy atom. The third kappa shape index (κ3) is 2.71. The Morgan fingerprint density at radius 2 is 1.92 bits per heavy atom. The van der Waals surface area contributed by atoms with Crippen molar-refractivity contribution < 1.29 is 4.79 Å². The van der Waals surface area contributed by atoms with Crippen LogP contribution >= 0.6 is 0 Å². The lowest BCUT2D eigenvalue weighted by atomic mass is 9.75. The van der Waals surface area contributed by atoms with Crippen LogP contribution in [0.2, 0.25) is 0 Å². The van der Waals surface area contributed by atoms with Crippen molar-refractivity contribution in [3.05, 3.63) is 0 Å². The van der Waals surface area contributed by atoms with E-state index in [2.05, 4.69) is 13.8 Å². The highest BCUT2D eigenvalue weighted by Crippen LogP contribution is 2.36. The van der Waals surface area contributed by atoms with Crippen molar-refractivity contribution in [1.29, 1.82) is 0 Å². The Morgan fingerprint density at radius 1 is 1.38 bits per heavy atom. The number of nitrogens with zero attached hydrogens (tertiary/aromatic N) is 1. The Balaban J connectivity index is 2.44. The summed E-state index contributed by atoms with van der Waals surface area (Å²) in [5, 5.41) is 0. The van der Waals surface area contributed by atoms with Gasteiger partial charge >= 0.3 is 0 Å². The van der Waals surface area contributed by atoms with Gasteiger partial charge in [-0.15, -0.1) is 0 Å². The normalized spacial score (nSPS) is 22.7. The topological polar surface area (TPSA) is 20.3 Å². The fourth-order valence-corrected chi connectivity index (χ4v) is 2.13. The lowest BCUT2D eigenvalue weighted by molar-refractivity contribution is -0.121. The molecule has 1 aliphatic rings. The number of hydrogen-bond donors (Lipinski definition) is 0. The van der Waals surface area contributed by atoms with E-state index in [9.17, 15) is 4.79 Å². The van der Waals surface area contributed by atoms with Gasteiger partial charge in [-0.25, -0.2) is 0 Å². The zero-order chi connectivity index (χ0) is 9.90. The fourth-order valence-electron chi connectivity index (χ4n) is 2.13. The first-order chi connectivity index (χ1) is 6.09. The quantitative estimate of drug-likeness (QED) is 0.615. The predicted molar refractivity (Wildman–Crippen MR) is 54.5 cm³/mol. The van der Waals surface area contributed by atoms with Crippen molar-refractivity contribution >= 4 is 6.41 Å². The van der Waals surface area contributed by atoms with E-state index in [1.54, 1.807) is 0 Å². The number of carbonyl (C=O) groups excluding carboxylic acids is 1. The van der Waals surface area contributed by atoms with Crippen molar-refractivity contribution in [2.45, 2.75) is 52.5 Å². The minimum Gasteiger partial charge on any atom is -0.343 e. The number of amides is 1. The van der Waals surface area contributed by atoms with Crippen molar-refractivity contribution in [3.8, 4) is 0 Å². The first-order valence-corrected chi connectivity index (χ1v) is 5.30. The maximum absolute atomic E-state index is 10.7. The summed E-state index contributed by atoms with van der Waals surface area (Å²) in [5.41, 5.74) is 0.499. The molecule has 0 N–H and O–H groups in total. The molecule has 0 heterocycles. The van der Waals surface area contributed by atoms with E-state index in [1.807, 2.05) is 11.8 Å². The molecule has 1 amide bonds. The van der Waals surface area contributed by atoms with Gasteiger partial charge in [0.2, 0.25) is 6.41 Å². The summed E-state index contributed by atoms with van der Waals surface area (Å²) < 4.78 is 0. The van der Waals surface area contributed by atoms with Crippen LogP contribution in [0, 0.1) is 5.41 Å². The average molecular weight is 183 g/mol. The molecule has 0 unspecified atom stereocenters. The Labute approximate surface area is 81.3 Å². The second kappa shape index (κ2) is 4.12. The molecule has 0 bridgehead atoms. The first-order valence-electron chi connectivity index (χ1n) is 5.30. The van der Waals surface area contributed by atoms with Crippen molar-refractivity contribution in [2.24, 2.45) is 5.41 Å². The lowest BCUT2D eigenvalue weighted by Crippen LogP contribution is -2.38. The highest BCUT2D eigenvalue weighted by Gasteiger charge is 2.28. The number of rotatable bonds is 3. The Kier molecular flexibility index (Phi) is 3.34. The Hall–Kier alpha value is -0.530. The van der Waals surface area contributed by atoms with E-state index in [1.165, 1.54) is 25.7 Å². The third-order valence-corrected chi connectivity index (χ3v) is 3.28. The Bertz CT molecular complexity index is 167. The summed E-state index contributed by atoms with van der Waals surface area (Å²) in [6.07, 6.45) is 5.87. The van der Waals surface area contributed by atoms with Gasteiger partial charge < -0.3 is 4.90 Å². The van der Waals surface area contributed by atoms with Crippen LogP contribution in [0.3, 0.4) is 0 Å². The van der Waals surface area contributed by atoms with Crippen molar-refractivity contribution in [3.63, 3.8) is 0 Å². The van der Waals surface area contributed by atoms with Crippen LogP contribution in [0.5, 0.6) is 0 Å². The second-order valence-electron chi connectivity index (χ2n) is 4.83. The molecule has 1 fully saturated rings. The molecule has 13 heavy (non-hydrogen) atoms. The number of hydrogen-bond acceptors (Lipinski definition) is 1. The lowest BCUT2D eigenvalue weighted by Gasteiger charge is -2.38. The van der Waals surface area contributed by atoms with Gasteiger partial charge in [-0.3, -0.25) is 4.79 Å². The monoisotopic (exact) mass is 183 g/mol. The molecule has 1 saturated carbocycles. The van der Waals surface area contributed by atoms with E-state index in [0.717, 1.165) is 13.0 Å². The zero-order valence-electron chi connectivity index (χ0n) is 9.05. The average Bonchev–Trinajstić information content (AvgIpc) is 2.09. The molecule has 2 nitrogen and oxygen atoms in total. The second-order valence-corrected chi connectivity index (χ2v) is 4.83. The summed E-state index contributed by atoms with van der Waals surface area (Å²) >= 11 is 0. The van der Waals surface area contributed by atoms with Gasteiger partial charge in [0.1, 0.15) is 0 Å². The van der Waals surface area contributed by atoms with Crippen molar-refractivity contribution in [2.75, 3.05) is 6.54 Å². The smallest absolute Gasteiger partial charge is 0.209 e. The molecular formula is C11H21NO. The van der Waals surface area contributed by atoms with Gasteiger partial charge in [-0.1, -0.05) is 13.8 Å². The molecule has 0 radical (unpaired) electrons. The van der Waals surface area contributed by atoms with Crippen LogP contribution in [0.4, 0.5) is 0 Å². The van der Waals surface area contributed by atoms with Gasteiger partial charge in [0, 0.05) is 12.6 Å². The number of carbonyl (C=O) groups is 1. The fraction of sp³-hybridized carbons (Fsp3) is 0.909. The molecule has 0 aromatic heterocycles. The summed E-state index contributed by atoms with van der Waals surface area (Å²) in [6.45, 7) is 7.55. The minimum atomic E-state index is 0.499. The maximum Gasteiger partial charge on any atom is 0.209 e. The molecule has 0 atom stereocenters. The van der Waals surface area contributed by atoms with E-state index < -0.39 is 0 Å². The molecule has 0 aromatic rings. The highest BCUT2D eigenvalue weighted by molar-refractivity contribution is 5.47. The molecule has 2 heteroatoms. The van der Waals surface area contributed by atoms with E-state index >= 15 is 0 Å². The third-order valence-electron chi connectivity index (χ3n) is 3.28. The van der Waals surface area contributed by atoms with Crippen LogP contribution in [-0.4, -0.2) is 23.9 Å². The van der Waals surface area contributed by atoms with E-state index in [0.29, 0.717) is 11.5 Å². The van der Waals surface area contributed by atoms with Crippen LogP contribution in [0.15, 0.2) is 0 Å². The van der Waals surface area contributed by atoms with Gasteiger partial charge in [-0.05, 0) is 38.0 Å². The summed E-state index contributed by atoms with van der Waals surface area (Å²) in [4.78, 5) is 12.7. The molecule has 0 saturated heterocycles. The molecule has 1 rings (SSSR count). The first kappa shape index (κ1) is 10.6. The maximum atomic E-state index is 10.7. The van der Waals surface area contributed by atoms with E-state index in [-0.39, 0.29) is 0 Å². The largest absolute Gasteiger partial charge is 0.343 e. The van der Waals surface area contributed by atoms with Gasteiger partial charge in [0.25, 0.3) is 0 Å². The van der Waals surface area contributed by atoms with Crippen LogP contribution in [-0.2, 0) is 4.79 Å². The molecule has 0 aromatic carbocycles. The predicted octanol–water partition coefficient (Wildman–Crippen LogP) is 2.43. The van der Waals surface area contributed by atoms with Gasteiger partial charge in [-0.2, -0.15) is 0 Å². The molecule has 0 spiro atoms. The van der Waals surface area contributed by atoms with Crippen LogP contribution in [0.25, 0.3) is 0 Å². The van der Waals surface area contributed by atoms with Crippen LogP contribution in [0.1, 0.15) is 46.5 Å². The highest BCUT2D eigenvalue weighted by atomic mass is 16.1. The molecular weight excluding hydrogens is 162 g/mol. The van der Waals surface area contributed by atoms with Gasteiger partial charge in [0.15, 0.2) is 0 Å². The zero-order valence-corrected chi connectivity index (χ0v) is 9.05.